The molecule has 0 fully saturated rings. The number of benzene rings is 1. The highest BCUT2D eigenvalue weighted by molar-refractivity contribution is 5.42. The van der Waals surface area contributed by atoms with Crippen LogP contribution in [0.15, 0.2) is 36.7 Å². The molecule has 76 valence electrons. The molecule has 0 saturated carbocycles. The van der Waals surface area contributed by atoms with Gasteiger partial charge in [0.2, 0.25) is 5.95 Å². The maximum absolute atomic E-state index is 5.54. The van der Waals surface area contributed by atoms with Crippen LogP contribution >= 0.6 is 0 Å². The lowest BCUT2D eigenvalue weighted by molar-refractivity contribution is 0.478. The van der Waals surface area contributed by atoms with E-state index in [0.717, 1.165) is 0 Å². The van der Waals surface area contributed by atoms with Crippen LogP contribution in [-0.4, -0.2) is 9.97 Å². The van der Waals surface area contributed by atoms with Crippen molar-refractivity contribution in [1.82, 2.24) is 9.97 Å². The number of anilines is 2. The van der Waals surface area contributed by atoms with Gasteiger partial charge in [-0.3, -0.25) is 0 Å². The quantitative estimate of drug-likeness (QED) is 0.719. The minimum absolute atomic E-state index is 0.222. The lowest BCUT2D eigenvalue weighted by Gasteiger charge is -2.04. The SMILES string of the molecule is Nc1ccc(Oc2cnc(N)nc2)cc1. The zero-order valence-electron chi connectivity index (χ0n) is 7.92. The predicted octanol–water partition coefficient (Wildman–Crippen LogP) is 1.43. The molecule has 0 unspecified atom stereocenters. The molecule has 0 bridgehead atoms. The maximum Gasteiger partial charge on any atom is 0.220 e. The van der Waals surface area contributed by atoms with Crippen LogP contribution in [0.5, 0.6) is 11.5 Å². The van der Waals surface area contributed by atoms with E-state index in [2.05, 4.69) is 9.97 Å². The summed E-state index contributed by atoms with van der Waals surface area (Å²) >= 11 is 0. The number of nitrogens with zero attached hydrogens (tertiary/aromatic N) is 2. The smallest absolute Gasteiger partial charge is 0.220 e. The van der Waals surface area contributed by atoms with E-state index in [0.29, 0.717) is 17.2 Å². The van der Waals surface area contributed by atoms with Crippen molar-refractivity contribution in [2.24, 2.45) is 0 Å². The Hall–Kier alpha value is -2.30. The summed E-state index contributed by atoms with van der Waals surface area (Å²) in [6.45, 7) is 0. The Morgan fingerprint density at radius 3 is 2.07 bits per heavy atom. The molecule has 5 nitrogen and oxygen atoms in total. The molecule has 0 aliphatic heterocycles. The van der Waals surface area contributed by atoms with Gasteiger partial charge in [-0.25, -0.2) is 9.97 Å². The van der Waals surface area contributed by atoms with Crippen LogP contribution in [0.3, 0.4) is 0 Å². The fraction of sp³-hybridized carbons (Fsp3) is 0. The highest BCUT2D eigenvalue weighted by Crippen LogP contribution is 2.20. The summed E-state index contributed by atoms with van der Waals surface area (Å²) in [5, 5.41) is 0. The standard InChI is InChI=1S/C10H10N4O/c11-7-1-3-8(4-2-7)15-9-5-13-10(12)14-6-9/h1-6H,11H2,(H2,12,13,14). The van der Waals surface area contributed by atoms with Crippen molar-refractivity contribution in [3.63, 3.8) is 0 Å². The van der Waals surface area contributed by atoms with E-state index >= 15 is 0 Å². The summed E-state index contributed by atoms with van der Waals surface area (Å²) in [5.41, 5.74) is 11.6. The monoisotopic (exact) mass is 202 g/mol. The minimum atomic E-state index is 0.222. The van der Waals surface area contributed by atoms with Crippen LogP contribution < -0.4 is 16.2 Å². The van der Waals surface area contributed by atoms with E-state index in [9.17, 15) is 0 Å². The van der Waals surface area contributed by atoms with Crippen LogP contribution in [0.1, 0.15) is 0 Å². The van der Waals surface area contributed by atoms with Gasteiger partial charge < -0.3 is 16.2 Å². The average Bonchev–Trinajstić information content (AvgIpc) is 2.25. The van der Waals surface area contributed by atoms with Gasteiger partial charge >= 0.3 is 0 Å². The number of hydrogen-bond donors (Lipinski definition) is 2. The summed E-state index contributed by atoms with van der Waals surface area (Å²) in [5.74, 6) is 1.44. The third-order valence-electron chi connectivity index (χ3n) is 1.76. The van der Waals surface area contributed by atoms with Crippen LogP contribution in [0.2, 0.25) is 0 Å². The molecule has 0 saturated heterocycles. The second-order valence-electron chi connectivity index (χ2n) is 2.95. The first-order chi connectivity index (χ1) is 7.24. The third kappa shape index (κ3) is 2.34. The van der Waals surface area contributed by atoms with Crippen LogP contribution in [0, 0.1) is 0 Å². The van der Waals surface area contributed by atoms with Crippen molar-refractivity contribution in [3.05, 3.63) is 36.7 Å². The van der Waals surface area contributed by atoms with Crippen molar-refractivity contribution < 1.29 is 4.74 Å². The highest BCUT2D eigenvalue weighted by Gasteiger charge is 1.97. The van der Waals surface area contributed by atoms with Gasteiger partial charge in [0.05, 0.1) is 12.4 Å². The van der Waals surface area contributed by atoms with E-state index < -0.39 is 0 Å². The molecule has 0 radical (unpaired) electrons. The van der Waals surface area contributed by atoms with Gasteiger partial charge in [0.1, 0.15) is 5.75 Å². The molecule has 0 amide bonds. The van der Waals surface area contributed by atoms with Crippen LogP contribution in [-0.2, 0) is 0 Å². The zero-order valence-corrected chi connectivity index (χ0v) is 7.92. The van der Waals surface area contributed by atoms with Crippen molar-refractivity contribution >= 4 is 11.6 Å². The van der Waals surface area contributed by atoms with Crippen LogP contribution in [0.4, 0.5) is 11.6 Å². The predicted molar refractivity (Wildman–Crippen MR) is 57.4 cm³/mol. The minimum Gasteiger partial charge on any atom is -0.454 e. The molecule has 0 aliphatic rings. The topological polar surface area (TPSA) is 87.0 Å². The lowest BCUT2D eigenvalue weighted by atomic mass is 10.3. The van der Waals surface area contributed by atoms with Crippen molar-refractivity contribution in [2.45, 2.75) is 0 Å². The van der Waals surface area contributed by atoms with Gasteiger partial charge in [0.15, 0.2) is 5.75 Å². The van der Waals surface area contributed by atoms with E-state index in [1.807, 2.05) is 0 Å². The number of aromatic nitrogens is 2. The zero-order chi connectivity index (χ0) is 10.7. The van der Waals surface area contributed by atoms with Gasteiger partial charge in [-0.1, -0.05) is 0 Å². The number of ether oxygens (including phenoxy) is 1. The van der Waals surface area contributed by atoms with Crippen molar-refractivity contribution in [1.29, 1.82) is 0 Å². The normalized spacial score (nSPS) is 9.87. The second-order valence-corrected chi connectivity index (χ2v) is 2.95. The van der Waals surface area contributed by atoms with Gasteiger partial charge in [-0.15, -0.1) is 0 Å². The molecule has 4 N–H and O–H groups in total. The fourth-order valence-electron chi connectivity index (χ4n) is 1.05. The van der Waals surface area contributed by atoms with Gasteiger partial charge in [-0.05, 0) is 24.3 Å². The van der Waals surface area contributed by atoms with E-state index in [-0.39, 0.29) is 5.95 Å². The molecule has 1 aromatic heterocycles. The molecule has 1 heterocycles. The third-order valence-corrected chi connectivity index (χ3v) is 1.76. The Kier molecular flexibility index (Phi) is 2.37. The Balaban J connectivity index is 2.15. The Labute approximate surface area is 86.7 Å². The molecule has 5 heteroatoms. The molecule has 15 heavy (non-hydrogen) atoms. The van der Waals surface area contributed by atoms with E-state index in [1.165, 1.54) is 12.4 Å². The second kappa shape index (κ2) is 3.83. The first-order valence-corrected chi connectivity index (χ1v) is 4.35. The lowest BCUT2D eigenvalue weighted by Crippen LogP contribution is -1.94. The number of nitrogens with two attached hydrogens (primary N) is 2. The first-order valence-electron chi connectivity index (χ1n) is 4.35. The molecular weight excluding hydrogens is 192 g/mol. The van der Waals surface area contributed by atoms with Crippen LogP contribution in [0.25, 0.3) is 0 Å². The Morgan fingerprint density at radius 1 is 0.867 bits per heavy atom. The molecule has 0 atom stereocenters. The summed E-state index contributed by atoms with van der Waals surface area (Å²) < 4.78 is 5.45. The highest BCUT2D eigenvalue weighted by atomic mass is 16.5. The summed E-state index contributed by atoms with van der Waals surface area (Å²) in [6.07, 6.45) is 3.03. The Bertz CT molecular complexity index is 394. The maximum atomic E-state index is 5.54. The van der Waals surface area contributed by atoms with E-state index in [4.69, 9.17) is 16.2 Å². The van der Waals surface area contributed by atoms with Gasteiger partial charge in [0.25, 0.3) is 0 Å². The summed E-state index contributed by atoms with van der Waals surface area (Å²) in [4.78, 5) is 7.62. The number of hydrogen-bond acceptors (Lipinski definition) is 5. The molecule has 0 spiro atoms. The van der Waals surface area contributed by atoms with Gasteiger partial charge in [0, 0.05) is 5.69 Å². The number of nitrogen functional groups attached to an aromatic ring is 2. The average molecular weight is 202 g/mol. The summed E-state index contributed by atoms with van der Waals surface area (Å²) in [7, 11) is 0. The molecule has 1 aromatic carbocycles. The molecule has 2 aromatic rings. The van der Waals surface area contributed by atoms with E-state index in [1.54, 1.807) is 24.3 Å². The largest absolute Gasteiger partial charge is 0.454 e. The fourth-order valence-corrected chi connectivity index (χ4v) is 1.05. The molecule has 2 rings (SSSR count). The molecule has 0 aliphatic carbocycles. The van der Waals surface area contributed by atoms with Crippen molar-refractivity contribution in [2.75, 3.05) is 11.5 Å². The molecular formula is C10H10N4O. The number of rotatable bonds is 2. The Morgan fingerprint density at radius 2 is 1.47 bits per heavy atom. The van der Waals surface area contributed by atoms with Crippen molar-refractivity contribution in [3.8, 4) is 11.5 Å². The first kappa shape index (κ1) is 9.26. The summed E-state index contributed by atoms with van der Waals surface area (Å²) in [6, 6.07) is 7.05. The van der Waals surface area contributed by atoms with Gasteiger partial charge in [-0.2, -0.15) is 0 Å².